The summed E-state index contributed by atoms with van der Waals surface area (Å²) in [5, 5.41) is 6.67. The first kappa shape index (κ1) is 17.7. The third-order valence-corrected chi connectivity index (χ3v) is 3.69. The van der Waals surface area contributed by atoms with Gasteiger partial charge in [-0.2, -0.15) is 0 Å². The first-order valence-electron chi connectivity index (χ1n) is 7.07. The van der Waals surface area contributed by atoms with Crippen molar-refractivity contribution in [1.82, 2.24) is 5.32 Å². The SMILES string of the molecule is C#CC1(COCOCCOC)NC(C=O)Nc2ccc(Cl)cc21. The van der Waals surface area contributed by atoms with Crippen molar-refractivity contribution in [2.45, 2.75) is 11.7 Å². The van der Waals surface area contributed by atoms with Gasteiger partial charge < -0.3 is 19.5 Å². The molecule has 0 fully saturated rings. The predicted octanol–water partition coefficient (Wildman–Crippen LogP) is 1.35. The second-order valence-corrected chi connectivity index (χ2v) is 5.45. The summed E-state index contributed by atoms with van der Waals surface area (Å²) in [7, 11) is 1.59. The number of hydrogen-bond acceptors (Lipinski definition) is 6. The van der Waals surface area contributed by atoms with Crippen LogP contribution in [-0.4, -0.2) is 46.2 Å². The summed E-state index contributed by atoms with van der Waals surface area (Å²) in [4.78, 5) is 11.2. The molecule has 2 N–H and O–H groups in total. The van der Waals surface area contributed by atoms with Crippen molar-refractivity contribution in [1.29, 1.82) is 0 Å². The van der Waals surface area contributed by atoms with E-state index in [0.29, 0.717) is 18.2 Å². The molecule has 7 heteroatoms. The van der Waals surface area contributed by atoms with E-state index < -0.39 is 11.7 Å². The normalized spacial score (nSPS) is 22.7. The van der Waals surface area contributed by atoms with Crippen molar-refractivity contribution >= 4 is 23.6 Å². The lowest BCUT2D eigenvalue weighted by Gasteiger charge is -2.39. The monoisotopic (exact) mass is 338 g/mol. The van der Waals surface area contributed by atoms with Gasteiger partial charge in [0.25, 0.3) is 0 Å². The van der Waals surface area contributed by atoms with Gasteiger partial charge in [0, 0.05) is 23.4 Å². The Labute approximate surface area is 140 Å². The Morgan fingerprint density at radius 3 is 2.96 bits per heavy atom. The zero-order valence-corrected chi connectivity index (χ0v) is 13.6. The van der Waals surface area contributed by atoms with Crippen LogP contribution >= 0.6 is 11.6 Å². The highest BCUT2D eigenvalue weighted by Gasteiger charge is 2.39. The predicted molar refractivity (Wildman–Crippen MR) is 87.2 cm³/mol. The summed E-state index contributed by atoms with van der Waals surface area (Å²) in [6.07, 6.45) is 5.88. The number of ether oxygens (including phenoxy) is 3. The molecule has 0 radical (unpaired) electrons. The second kappa shape index (κ2) is 8.29. The van der Waals surface area contributed by atoms with E-state index in [9.17, 15) is 4.79 Å². The molecule has 0 saturated heterocycles. The third-order valence-electron chi connectivity index (χ3n) is 3.45. The van der Waals surface area contributed by atoms with Gasteiger partial charge in [0.05, 0.1) is 19.8 Å². The first-order valence-corrected chi connectivity index (χ1v) is 7.45. The highest BCUT2D eigenvalue weighted by atomic mass is 35.5. The summed E-state index contributed by atoms with van der Waals surface area (Å²) in [5.41, 5.74) is 0.524. The number of aldehydes is 1. The van der Waals surface area contributed by atoms with Crippen LogP contribution in [0.1, 0.15) is 5.56 Å². The third kappa shape index (κ3) is 4.22. The fraction of sp³-hybridized carbons (Fsp3) is 0.438. The van der Waals surface area contributed by atoms with Crippen LogP contribution in [0.4, 0.5) is 5.69 Å². The number of fused-ring (bicyclic) bond motifs is 1. The molecule has 1 aromatic rings. The van der Waals surface area contributed by atoms with E-state index in [1.165, 1.54) is 0 Å². The van der Waals surface area contributed by atoms with Gasteiger partial charge in [-0.05, 0) is 18.2 Å². The molecule has 2 rings (SSSR count). The quantitative estimate of drug-likeness (QED) is 0.323. The maximum atomic E-state index is 11.2. The van der Waals surface area contributed by atoms with Gasteiger partial charge in [-0.1, -0.05) is 17.5 Å². The average molecular weight is 339 g/mol. The highest BCUT2D eigenvalue weighted by Crippen LogP contribution is 2.34. The Balaban J connectivity index is 2.14. The molecular weight excluding hydrogens is 320 g/mol. The zero-order chi connectivity index (χ0) is 16.7. The molecule has 0 aliphatic carbocycles. The minimum atomic E-state index is -0.971. The molecule has 0 spiro atoms. The highest BCUT2D eigenvalue weighted by molar-refractivity contribution is 6.30. The number of anilines is 1. The van der Waals surface area contributed by atoms with Crippen LogP contribution in [0.3, 0.4) is 0 Å². The van der Waals surface area contributed by atoms with Crippen LogP contribution in [0.5, 0.6) is 0 Å². The summed E-state index contributed by atoms with van der Waals surface area (Å²) >= 11 is 6.08. The van der Waals surface area contributed by atoms with Crippen LogP contribution in [-0.2, 0) is 24.5 Å². The van der Waals surface area contributed by atoms with Crippen molar-refractivity contribution in [3.63, 3.8) is 0 Å². The van der Waals surface area contributed by atoms with E-state index in [0.717, 1.165) is 17.5 Å². The van der Waals surface area contributed by atoms with E-state index >= 15 is 0 Å². The molecule has 1 heterocycles. The Kier molecular flexibility index (Phi) is 6.39. The Hall–Kier alpha value is -1.62. The molecule has 0 bridgehead atoms. The number of carbonyl (C=O) groups excluding carboxylic acids is 1. The van der Waals surface area contributed by atoms with Gasteiger partial charge in [0.15, 0.2) is 6.29 Å². The zero-order valence-electron chi connectivity index (χ0n) is 12.8. The maximum Gasteiger partial charge on any atom is 0.157 e. The number of carbonyl (C=O) groups is 1. The lowest BCUT2D eigenvalue weighted by molar-refractivity contribution is -0.110. The molecule has 23 heavy (non-hydrogen) atoms. The number of methoxy groups -OCH3 is 1. The second-order valence-electron chi connectivity index (χ2n) is 5.01. The van der Waals surface area contributed by atoms with Crippen molar-refractivity contribution in [2.75, 3.05) is 39.0 Å². The average Bonchev–Trinajstić information content (AvgIpc) is 2.58. The summed E-state index contributed by atoms with van der Waals surface area (Å²) in [5.74, 6) is 2.69. The van der Waals surface area contributed by atoms with E-state index in [2.05, 4.69) is 16.6 Å². The molecule has 2 atom stereocenters. The largest absolute Gasteiger partial charge is 0.382 e. The van der Waals surface area contributed by atoms with E-state index in [4.69, 9.17) is 32.2 Å². The smallest absolute Gasteiger partial charge is 0.157 e. The number of halogens is 1. The lowest BCUT2D eigenvalue weighted by Crippen LogP contribution is -2.57. The molecular formula is C16H19ClN2O4. The number of benzene rings is 1. The van der Waals surface area contributed by atoms with Gasteiger partial charge in [0.2, 0.25) is 0 Å². The van der Waals surface area contributed by atoms with E-state index in [1.807, 2.05) is 0 Å². The Morgan fingerprint density at radius 1 is 1.43 bits per heavy atom. The molecule has 0 aromatic heterocycles. The molecule has 6 nitrogen and oxygen atoms in total. The molecule has 1 aliphatic heterocycles. The summed E-state index contributed by atoms with van der Waals surface area (Å²) in [6.45, 7) is 1.12. The molecule has 0 saturated carbocycles. The standard InChI is InChI=1S/C16H19ClN2O4/c1-3-16(10-23-11-22-7-6-21-2)13-8-12(17)4-5-14(13)18-15(9-20)19-16/h1,4-5,8-9,15,18-19H,6-7,10-11H2,2H3. The molecule has 2 unspecified atom stereocenters. The van der Waals surface area contributed by atoms with Crippen molar-refractivity contribution in [3.05, 3.63) is 28.8 Å². The molecule has 124 valence electrons. The minimum absolute atomic E-state index is 0.0730. The van der Waals surface area contributed by atoms with Crippen molar-refractivity contribution in [3.8, 4) is 12.3 Å². The van der Waals surface area contributed by atoms with Gasteiger partial charge in [0.1, 0.15) is 18.5 Å². The van der Waals surface area contributed by atoms with Crippen molar-refractivity contribution in [2.24, 2.45) is 0 Å². The summed E-state index contributed by atoms with van der Waals surface area (Å²) < 4.78 is 15.7. The fourth-order valence-electron chi connectivity index (χ4n) is 2.35. The number of terminal acetylenes is 1. The van der Waals surface area contributed by atoms with Crippen LogP contribution in [0.25, 0.3) is 0 Å². The maximum absolute atomic E-state index is 11.2. The van der Waals surface area contributed by atoms with Gasteiger partial charge in [-0.3, -0.25) is 10.1 Å². The van der Waals surface area contributed by atoms with Crippen LogP contribution in [0.2, 0.25) is 5.02 Å². The van der Waals surface area contributed by atoms with E-state index in [1.54, 1.807) is 25.3 Å². The van der Waals surface area contributed by atoms with Gasteiger partial charge >= 0.3 is 0 Å². The van der Waals surface area contributed by atoms with E-state index in [-0.39, 0.29) is 13.4 Å². The fourth-order valence-corrected chi connectivity index (χ4v) is 2.52. The number of hydrogen-bond donors (Lipinski definition) is 2. The number of nitrogens with one attached hydrogen (secondary N) is 2. The Morgan fingerprint density at radius 2 is 2.26 bits per heavy atom. The van der Waals surface area contributed by atoms with Crippen molar-refractivity contribution < 1.29 is 19.0 Å². The van der Waals surface area contributed by atoms with Crippen LogP contribution in [0.15, 0.2) is 18.2 Å². The number of rotatable bonds is 8. The topological polar surface area (TPSA) is 68.8 Å². The molecule has 0 amide bonds. The van der Waals surface area contributed by atoms with Gasteiger partial charge in [-0.15, -0.1) is 6.42 Å². The minimum Gasteiger partial charge on any atom is -0.382 e. The van der Waals surface area contributed by atoms with Gasteiger partial charge in [-0.25, -0.2) is 0 Å². The summed E-state index contributed by atoms with van der Waals surface area (Å²) in [6, 6.07) is 5.28. The lowest BCUT2D eigenvalue weighted by atomic mass is 9.87. The van der Waals surface area contributed by atoms with Crippen LogP contribution in [0, 0.1) is 12.3 Å². The Bertz CT molecular complexity index is 590. The van der Waals surface area contributed by atoms with Crippen LogP contribution < -0.4 is 10.6 Å². The molecule has 1 aliphatic rings. The first-order chi connectivity index (χ1) is 11.1. The molecule has 1 aromatic carbocycles.